The van der Waals surface area contributed by atoms with Gasteiger partial charge in [-0.25, -0.2) is 17.8 Å². The Hall–Kier alpha value is -2.00. The summed E-state index contributed by atoms with van der Waals surface area (Å²) in [5.74, 6) is -0.105. The molecular weight excluding hydrogens is 323 g/mol. The minimum Gasteiger partial charge on any atom is -0.380 e. The molecule has 0 amide bonds. The molecule has 1 heterocycles. The summed E-state index contributed by atoms with van der Waals surface area (Å²) in [6.07, 6.45) is 2.91. The van der Waals surface area contributed by atoms with Gasteiger partial charge < -0.3 is 4.74 Å². The number of nitrogens with one attached hydrogen (secondary N) is 2. The molecule has 1 aromatic heterocycles. The maximum atomic E-state index is 13.9. The number of anilines is 1. The van der Waals surface area contributed by atoms with E-state index in [9.17, 15) is 12.8 Å². The van der Waals surface area contributed by atoms with E-state index in [1.54, 1.807) is 0 Å². The van der Waals surface area contributed by atoms with Crippen molar-refractivity contribution < 1.29 is 17.5 Å². The van der Waals surface area contributed by atoms with Gasteiger partial charge in [0.15, 0.2) is 5.82 Å². The van der Waals surface area contributed by atoms with Crippen LogP contribution in [0.3, 0.4) is 0 Å². The van der Waals surface area contributed by atoms with Gasteiger partial charge in [0.25, 0.3) is 0 Å². The van der Waals surface area contributed by atoms with Crippen molar-refractivity contribution in [2.45, 2.75) is 18.9 Å². The van der Waals surface area contributed by atoms with Crippen molar-refractivity contribution in [3.63, 3.8) is 0 Å². The van der Waals surface area contributed by atoms with Crippen LogP contribution in [0.15, 0.2) is 24.5 Å². The molecule has 9 heteroatoms. The van der Waals surface area contributed by atoms with E-state index in [2.05, 4.69) is 19.9 Å². The van der Waals surface area contributed by atoms with Crippen LogP contribution in [0.5, 0.6) is 0 Å². The van der Waals surface area contributed by atoms with Crippen molar-refractivity contribution in [1.29, 1.82) is 0 Å². The number of aromatic nitrogens is 3. The monoisotopic (exact) mass is 340 g/mol. The Morgan fingerprint density at radius 3 is 2.87 bits per heavy atom. The molecule has 0 spiro atoms. The van der Waals surface area contributed by atoms with E-state index in [1.807, 2.05) is 0 Å². The number of hydrogen-bond donors (Lipinski definition) is 2. The molecule has 0 radical (unpaired) electrons. The number of hydrogen-bond acceptors (Lipinski definition) is 5. The maximum Gasteiger partial charge on any atom is 0.235 e. The first kappa shape index (κ1) is 15.9. The molecule has 1 aliphatic rings. The lowest BCUT2D eigenvalue weighted by Crippen LogP contribution is -2.29. The number of rotatable bonds is 7. The number of halogens is 1. The fraction of sp³-hybridized carbons (Fsp3) is 0.429. The molecule has 1 aliphatic carbocycles. The average molecular weight is 340 g/mol. The van der Waals surface area contributed by atoms with Crippen LogP contribution in [0.2, 0.25) is 0 Å². The molecule has 2 aromatic rings. The van der Waals surface area contributed by atoms with Crippen molar-refractivity contribution in [3.8, 4) is 11.4 Å². The predicted octanol–water partition coefficient (Wildman–Crippen LogP) is 1.78. The van der Waals surface area contributed by atoms with Crippen LogP contribution in [0.1, 0.15) is 12.8 Å². The van der Waals surface area contributed by atoms with Gasteiger partial charge in [0.05, 0.1) is 17.4 Å². The summed E-state index contributed by atoms with van der Waals surface area (Å²) in [6.45, 7) is 0. The number of nitrogens with zero attached hydrogens (tertiary/aromatic N) is 2. The van der Waals surface area contributed by atoms with Crippen molar-refractivity contribution in [1.82, 2.24) is 15.2 Å². The first-order chi connectivity index (χ1) is 11.0. The summed E-state index contributed by atoms with van der Waals surface area (Å²) in [5, 5.41) is 6.21. The summed E-state index contributed by atoms with van der Waals surface area (Å²) < 4.78 is 46.1. The minimum atomic E-state index is -3.59. The summed E-state index contributed by atoms with van der Waals surface area (Å²) >= 11 is 0. The number of sulfonamides is 1. The van der Waals surface area contributed by atoms with E-state index in [0.29, 0.717) is 5.92 Å². The first-order valence-corrected chi connectivity index (χ1v) is 8.82. The predicted molar refractivity (Wildman–Crippen MR) is 82.7 cm³/mol. The standard InChI is InChI=1S/C14H17FN4O3S/c1-22-13(9-2-3-9)7-23(20,21)19-10-4-5-12(15)11(6-10)14-16-8-17-18-14/h4-6,8-9,13,19H,2-3,7H2,1H3,(H,16,17,18). The molecule has 1 unspecified atom stereocenters. The van der Waals surface area contributed by atoms with Crippen molar-refractivity contribution >= 4 is 15.7 Å². The van der Waals surface area contributed by atoms with Gasteiger partial charge in [0.1, 0.15) is 12.1 Å². The van der Waals surface area contributed by atoms with Crippen molar-refractivity contribution in [3.05, 3.63) is 30.3 Å². The van der Waals surface area contributed by atoms with E-state index in [4.69, 9.17) is 4.74 Å². The molecule has 0 aliphatic heterocycles. The average Bonchev–Trinajstić information content (AvgIpc) is 3.21. The Morgan fingerprint density at radius 2 is 2.26 bits per heavy atom. The van der Waals surface area contributed by atoms with Gasteiger partial charge in [0.2, 0.25) is 10.0 Å². The highest BCUT2D eigenvalue weighted by molar-refractivity contribution is 7.92. The molecule has 3 rings (SSSR count). The number of aromatic amines is 1. The molecule has 0 saturated heterocycles. The summed E-state index contributed by atoms with van der Waals surface area (Å²) in [4.78, 5) is 3.87. The van der Waals surface area contributed by atoms with E-state index in [0.717, 1.165) is 12.8 Å². The van der Waals surface area contributed by atoms with Gasteiger partial charge in [-0.3, -0.25) is 9.82 Å². The van der Waals surface area contributed by atoms with E-state index < -0.39 is 15.8 Å². The van der Waals surface area contributed by atoms with Crippen LogP contribution >= 0.6 is 0 Å². The number of methoxy groups -OCH3 is 1. The highest BCUT2D eigenvalue weighted by Gasteiger charge is 2.34. The Morgan fingerprint density at radius 1 is 1.48 bits per heavy atom. The third kappa shape index (κ3) is 3.85. The maximum absolute atomic E-state index is 13.9. The van der Waals surface area contributed by atoms with Gasteiger partial charge in [-0.2, -0.15) is 5.10 Å². The van der Waals surface area contributed by atoms with Crippen LogP contribution in [-0.2, 0) is 14.8 Å². The minimum absolute atomic E-state index is 0.122. The topological polar surface area (TPSA) is 97.0 Å². The fourth-order valence-corrected chi connectivity index (χ4v) is 3.82. The smallest absolute Gasteiger partial charge is 0.235 e. The molecule has 0 bridgehead atoms. The molecule has 2 N–H and O–H groups in total. The van der Waals surface area contributed by atoms with Gasteiger partial charge in [-0.1, -0.05) is 0 Å². The highest BCUT2D eigenvalue weighted by Crippen LogP contribution is 2.35. The molecule has 1 fully saturated rings. The van der Waals surface area contributed by atoms with Gasteiger partial charge in [-0.15, -0.1) is 0 Å². The largest absolute Gasteiger partial charge is 0.380 e. The Labute approximate surface area is 133 Å². The van der Waals surface area contributed by atoms with Gasteiger partial charge in [0, 0.05) is 12.8 Å². The lowest BCUT2D eigenvalue weighted by molar-refractivity contribution is 0.103. The van der Waals surface area contributed by atoms with Crippen molar-refractivity contribution in [2.75, 3.05) is 17.6 Å². The second kappa shape index (κ2) is 6.25. The zero-order valence-corrected chi connectivity index (χ0v) is 13.3. The number of benzene rings is 1. The summed E-state index contributed by atoms with van der Waals surface area (Å²) in [6, 6.07) is 3.93. The molecule has 1 saturated carbocycles. The third-order valence-electron chi connectivity index (χ3n) is 3.74. The molecule has 1 atom stereocenters. The zero-order valence-electron chi connectivity index (χ0n) is 12.5. The van der Waals surface area contributed by atoms with E-state index >= 15 is 0 Å². The van der Waals surface area contributed by atoms with E-state index in [-0.39, 0.29) is 28.9 Å². The Bertz CT molecular complexity index is 775. The highest BCUT2D eigenvalue weighted by atomic mass is 32.2. The molecular formula is C14H17FN4O3S. The van der Waals surface area contributed by atoms with Gasteiger partial charge in [-0.05, 0) is 37.0 Å². The molecule has 23 heavy (non-hydrogen) atoms. The number of ether oxygens (including phenoxy) is 1. The lowest BCUT2D eigenvalue weighted by Gasteiger charge is -2.16. The molecule has 7 nitrogen and oxygen atoms in total. The zero-order chi connectivity index (χ0) is 16.4. The molecule has 1 aromatic carbocycles. The van der Waals surface area contributed by atoms with Crippen molar-refractivity contribution in [2.24, 2.45) is 5.92 Å². The number of H-pyrrole nitrogens is 1. The SMILES string of the molecule is COC(CS(=O)(=O)Nc1ccc(F)c(-c2ncn[nH]2)c1)C1CC1. The van der Waals surface area contributed by atoms with Crippen LogP contribution in [0.25, 0.3) is 11.4 Å². The Balaban J connectivity index is 1.78. The van der Waals surface area contributed by atoms with Crippen LogP contribution < -0.4 is 4.72 Å². The normalized spacial score (nSPS) is 16.3. The second-order valence-corrected chi connectivity index (χ2v) is 7.29. The first-order valence-electron chi connectivity index (χ1n) is 7.17. The van der Waals surface area contributed by atoms with Crippen LogP contribution in [-0.4, -0.2) is 42.6 Å². The molecule has 124 valence electrons. The third-order valence-corrected chi connectivity index (χ3v) is 5.06. The van der Waals surface area contributed by atoms with Crippen LogP contribution in [0.4, 0.5) is 10.1 Å². The Kier molecular flexibility index (Phi) is 4.31. The summed E-state index contributed by atoms with van der Waals surface area (Å²) in [5.41, 5.74) is 0.414. The quantitative estimate of drug-likeness (QED) is 0.801. The second-order valence-electron chi connectivity index (χ2n) is 5.52. The fourth-order valence-electron chi connectivity index (χ4n) is 2.41. The van der Waals surface area contributed by atoms with Crippen LogP contribution in [0, 0.1) is 11.7 Å². The van der Waals surface area contributed by atoms with Gasteiger partial charge >= 0.3 is 0 Å². The van der Waals surface area contributed by atoms with E-state index in [1.165, 1.54) is 31.6 Å². The lowest BCUT2D eigenvalue weighted by atomic mass is 10.2. The summed E-state index contributed by atoms with van der Waals surface area (Å²) in [7, 11) is -2.08.